The zero-order chi connectivity index (χ0) is 13.7. The van der Waals surface area contributed by atoms with Crippen molar-refractivity contribution in [3.63, 3.8) is 0 Å². The van der Waals surface area contributed by atoms with Crippen molar-refractivity contribution in [3.8, 4) is 0 Å². The van der Waals surface area contributed by atoms with Crippen molar-refractivity contribution in [1.29, 1.82) is 0 Å². The quantitative estimate of drug-likeness (QED) is 0.709. The van der Waals surface area contributed by atoms with Gasteiger partial charge in [0.15, 0.2) is 0 Å². The molecule has 2 aliphatic rings. The van der Waals surface area contributed by atoms with Gasteiger partial charge in [-0.05, 0) is 50.1 Å². The number of rotatable bonds is 7. The first-order valence-electron chi connectivity index (χ1n) is 8.54. The minimum absolute atomic E-state index is 0.555. The fraction of sp³-hybridized carbons (Fsp3) is 1.00. The van der Waals surface area contributed by atoms with Crippen LogP contribution >= 0.6 is 0 Å². The van der Waals surface area contributed by atoms with Gasteiger partial charge in [0.2, 0.25) is 0 Å². The van der Waals surface area contributed by atoms with E-state index < -0.39 is 0 Å². The molecule has 0 amide bonds. The van der Waals surface area contributed by atoms with Gasteiger partial charge in [0.05, 0.1) is 0 Å². The van der Waals surface area contributed by atoms with Crippen LogP contribution in [-0.4, -0.2) is 38.1 Å². The summed E-state index contributed by atoms with van der Waals surface area (Å²) in [5.41, 5.74) is 0.555. The lowest BCUT2D eigenvalue weighted by molar-refractivity contribution is 0.142. The van der Waals surface area contributed by atoms with Crippen molar-refractivity contribution in [2.75, 3.05) is 33.2 Å². The molecule has 0 aromatic heterocycles. The Balaban J connectivity index is 1.87. The molecule has 0 spiro atoms. The molecule has 1 N–H and O–H groups in total. The van der Waals surface area contributed by atoms with Gasteiger partial charge >= 0.3 is 0 Å². The van der Waals surface area contributed by atoms with Gasteiger partial charge in [-0.1, -0.05) is 39.5 Å². The molecule has 0 aliphatic heterocycles. The summed E-state index contributed by atoms with van der Waals surface area (Å²) >= 11 is 0. The SMILES string of the molecule is CCNCC1(CN(C)CC2CC2C)CCCCCC1. The third kappa shape index (κ3) is 4.75. The van der Waals surface area contributed by atoms with Gasteiger partial charge in [0, 0.05) is 19.6 Å². The van der Waals surface area contributed by atoms with Crippen LogP contribution in [0.25, 0.3) is 0 Å². The van der Waals surface area contributed by atoms with Gasteiger partial charge in [0.1, 0.15) is 0 Å². The monoisotopic (exact) mass is 266 g/mol. The Labute approximate surface area is 120 Å². The maximum Gasteiger partial charge on any atom is 0.00472 e. The molecule has 2 unspecified atom stereocenters. The molecule has 0 aromatic rings. The highest BCUT2D eigenvalue weighted by molar-refractivity contribution is 4.89. The normalized spacial score (nSPS) is 30.3. The Morgan fingerprint density at radius 2 is 1.79 bits per heavy atom. The lowest BCUT2D eigenvalue weighted by Gasteiger charge is -2.37. The van der Waals surface area contributed by atoms with Crippen LogP contribution in [0, 0.1) is 17.3 Å². The predicted octanol–water partition coefficient (Wildman–Crippen LogP) is 3.52. The van der Waals surface area contributed by atoms with E-state index in [0.717, 1.165) is 18.4 Å². The molecular formula is C17H34N2. The second kappa shape index (κ2) is 7.08. The van der Waals surface area contributed by atoms with E-state index in [4.69, 9.17) is 0 Å². The molecule has 0 bridgehead atoms. The maximum absolute atomic E-state index is 3.64. The zero-order valence-corrected chi connectivity index (χ0v) is 13.4. The third-order valence-corrected chi connectivity index (χ3v) is 5.34. The Hall–Kier alpha value is -0.0800. The first kappa shape index (κ1) is 15.3. The van der Waals surface area contributed by atoms with E-state index in [-0.39, 0.29) is 0 Å². The molecular weight excluding hydrogens is 232 g/mol. The lowest BCUT2D eigenvalue weighted by atomic mass is 9.79. The lowest BCUT2D eigenvalue weighted by Crippen LogP contribution is -2.43. The number of nitrogens with zero attached hydrogens (tertiary/aromatic N) is 1. The number of hydrogen-bond donors (Lipinski definition) is 1. The van der Waals surface area contributed by atoms with Crippen molar-refractivity contribution < 1.29 is 0 Å². The van der Waals surface area contributed by atoms with Crippen LogP contribution in [-0.2, 0) is 0 Å². The fourth-order valence-electron chi connectivity index (χ4n) is 3.95. The molecule has 0 saturated heterocycles. The van der Waals surface area contributed by atoms with Gasteiger partial charge in [-0.15, -0.1) is 0 Å². The van der Waals surface area contributed by atoms with Crippen LogP contribution in [0.5, 0.6) is 0 Å². The fourth-order valence-corrected chi connectivity index (χ4v) is 3.95. The van der Waals surface area contributed by atoms with E-state index in [2.05, 4.69) is 31.1 Å². The van der Waals surface area contributed by atoms with Crippen molar-refractivity contribution in [3.05, 3.63) is 0 Å². The van der Waals surface area contributed by atoms with Crippen LogP contribution in [0.4, 0.5) is 0 Å². The molecule has 0 heterocycles. The summed E-state index contributed by atoms with van der Waals surface area (Å²) in [6.45, 7) is 9.62. The molecule has 19 heavy (non-hydrogen) atoms. The summed E-state index contributed by atoms with van der Waals surface area (Å²) in [5, 5.41) is 3.64. The molecule has 2 saturated carbocycles. The number of nitrogens with one attached hydrogen (secondary N) is 1. The highest BCUT2D eigenvalue weighted by Crippen LogP contribution is 2.40. The molecule has 0 aromatic carbocycles. The molecule has 0 radical (unpaired) electrons. The Morgan fingerprint density at radius 1 is 1.16 bits per heavy atom. The van der Waals surface area contributed by atoms with Gasteiger partial charge in [-0.3, -0.25) is 0 Å². The van der Waals surface area contributed by atoms with Crippen LogP contribution < -0.4 is 5.32 Å². The highest BCUT2D eigenvalue weighted by atomic mass is 15.1. The largest absolute Gasteiger partial charge is 0.316 e. The second-order valence-electron chi connectivity index (χ2n) is 7.36. The molecule has 2 heteroatoms. The average Bonchev–Trinajstić information content (AvgIpc) is 3.10. The van der Waals surface area contributed by atoms with E-state index in [0.29, 0.717) is 5.41 Å². The number of hydrogen-bond acceptors (Lipinski definition) is 2. The third-order valence-electron chi connectivity index (χ3n) is 5.34. The summed E-state index contributed by atoms with van der Waals surface area (Å²) in [5.74, 6) is 1.98. The van der Waals surface area contributed by atoms with Gasteiger partial charge in [-0.25, -0.2) is 0 Å². The van der Waals surface area contributed by atoms with Crippen LogP contribution in [0.3, 0.4) is 0 Å². The first-order valence-corrected chi connectivity index (χ1v) is 8.54. The van der Waals surface area contributed by atoms with Crippen molar-refractivity contribution in [2.45, 2.75) is 58.8 Å². The Kier molecular flexibility index (Phi) is 5.70. The average molecular weight is 266 g/mol. The van der Waals surface area contributed by atoms with Gasteiger partial charge < -0.3 is 10.2 Å². The predicted molar refractivity (Wildman–Crippen MR) is 83.4 cm³/mol. The highest BCUT2D eigenvalue weighted by Gasteiger charge is 2.36. The van der Waals surface area contributed by atoms with E-state index in [9.17, 15) is 0 Å². The smallest absolute Gasteiger partial charge is 0.00472 e. The van der Waals surface area contributed by atoms with E-state index in [1.54, 1.807) is 0 Å². The van der Waals surface area contributed by atoms with Crippen LogP contribution in [0.2, 0.25) is 0 Å². The standard InChI is InChI=1S/C17H34N2/c1-4-18-13-17(9-7-5-6-8-10-17)14-19(3)12-16-11-15(16)2/h15-16,18H,4-14H2,1-3H3. The summed E-state index contributed by atoms with van der Waals surface area (Å²) in [6.07, 6.45) is 10.1. The molecule has 112 valence electrons. The zero-order valence-electron chi connectivity index (χ0n) is 13.4. The van der Waals surface area contributed by atoms with Crippen molar-refractivity contribution in [2.24, 2.45) is 17.3 Å². The van der Waals surface area contributed by atoms with Crippen molar-refractivity contribution in [1.82, 2.24) is 10.2 Å². The van der Waals surface area contributed by atoms with Gasteiger partial charge in [0.25, 0.3) is 0 Å². The Morgan fingerprint density at radius 3 is 2.32 bits per heavy atom. The summed E-state index contributed by atoms with van der Waals surface area (Å²) < 4.78 is 0. The van der Waals surface area contributed by atoms with Gasteiger partial charge in [-0.2, -0.15) is 0 Å². The molecule has 2 fully saturated rings. The molecule has 2 rings (SSSR count). The topological polar surface area (TPSA) is 15.3 Å². The van der Waals surface area contributed by atoms with Crippen LogP contribution in [0.15, 0.2) is 0 Å². The minimum Gasteiger partial charge on any atom is -0.316 e. The van der Waals surface area contributed by atoms with Crippen molar-refractivity contribution >= 4 is 0 Å². The summed E-state index contributed by atoms with van der Waals surface area (Å²) in [7, 11) is 2.35. The first-order chi connectivity index (χ1) is 9.15. The Bertz CT molecular complexity index is 256. The van der Waals surface area contributed by atoms with E-state index in [1.807, 2.05) is 0 Å². The molecule has 2 nitrogen and oxygen atoms in total. The summed E-state index contributed by atoms with van der Waals surface area (Å²) in [4.78, 5) is 2.64. The molecule has 2 atom stereocenters. The molecule has 2 aliphatic carbocycles. The second-order valence-corrected chi connectivity index (χ2v) is 7.36. The summed E-state index contributed by atoms with van der Waals surface area (Å²) in [6, 6.07) is 0. The maximum atomic E-state index is 3.64. The van der Waals surface area contributed by atoms with E-state index in [1.165, 1.54) is 64.6 Å². The minimum atomic E-state index is 0.555. The van der Waals surface area contributed by atoms with Crippen LogP contribution in [0.1, 0.15) is 58.8 Å². The van der Waals surface area contributed by atoms with E-state index >= 15 is 0 Å².